The van der Waals surface area contributed by atoms with E-state index in [4.69, 9.17) is 16.3 Å². The van der Waals surface area contributed by atoms with Crippen LogP contribution in [0.2, 0.25) is 5.02 Å². The van der Waals surface area contributed by atoms with Crippen LogP contribution < -0.4 is 5.32 Å². The lowest BCUT2D eigenvalue weighted by atomic mass is 10.1. The topological polar surface area (TPSA) is 34.1 Å². The molecule has 0 fully saturated rings. The van der Waals surface area contributed by atoms with Gasteiger partial charge in [0.2, 0.25) is 0 Å². The molecule has 0 aliphatic heterocycles. The number of methoxy groups -OCH3 is 1. The summed E-state index contributed by atoms with van der Waals surface area (Å²) >= 11 is 6.17. The molecular formula is C15H19ClN2O. The van der Waals surface area contributed by atoms with E-state index in [2.05, 4.69) is 10.3 Å². The molecule has 1 aromatic carbocycles. The Morgan fingerprint density at radius 3 is 3.00 bits per heavy atom. The number of fused-ring (bicyclic) bond motifs is 1. The first-order valence-electron chi connectivity index (χ1n) is 6.54. The Labute approximate surface area is 118 Å². The third-order valence-electron chi connectivity index (χ3n) is 3.07. The van der Waals surface area contributed by atoms with E-state index < -0.39 is 0 Å². The van der Waals surface area contributed by atoms with Crippen molar-refractivity contribution in [2.24, 2.45) is 0 Å². The highest BCUT2D eigenvalue weighted by Crippen LogP contribution is 2.24. The van der Waals surface area contributed by atoms with Gasteiger partial charge in [-0.2, -0.15) is 0 Å². The lowest BCUT2D eigenvalue weighted by Gasteiger charge is -2.08. The van der Waals surface area contributed by atoms with Gasteiger partial charge in [0, 0.05) is 36.9 Å². The summed E-state index contributed by atoms with van der Waals surface area (Å²) in [6.07, 6.45) is 4.01. The van der Waals surface area contributed by atoms with Gasteiger partial charge in [0.05, 0.1) is 5.52 Å². The Balaban J connectivity index is 1.96. The van der Waals surface area contributed by atoms with Crippen molar-refractivity contribution in [1.82, 2.24) is 10.3 Å². The Hall–Kier alpha value is -1.16. The molecule has 19 heavy (non-hydrogen) atoms. The fraction of sp³-hybridized carbons (Fsp3) is 0.400. The number of nitrogens with one attached hydrogen (secondary N) is 1. The number of aromatic nitrogens is 1. The van der Waals surface area contributed by atoms with Gasteiger partial charge >= 0.3 is 0 Å². The second-order valence-corrected chi connectivity index (χ2v) is 4.89. The molecule has 0 radical (unpaired) electrons. The van der Waals surface area contributed by atoms with Gasteiger partial charge in [-0.3, -0.25) is 4.98 Å². The number of pyridine rings is 1. The normalized spacial score (nSPS) is 11.1. The molecule has 1 N–H and O–H groups in total. The van der Waals surface area contributed by atoms with Crippen molar-refractivity contribution in [1.29, 1.82) is 0 Å². The summed E-state index contributed by atoms with van der Waals surface area (Å²) in [5.41, 5.74) is 2.17. The number of unbranched alkanes of at least 4 members (excludes halogenated alkanes) is 1. The van der Waals surface area contributed by atoms with Crippen LogP contribution in [0.5, 0.6) is 0 Å². The predicted octanol–water partition coefficient (Wildman–Crippen LogP) is 3.40. The van der Waals surface area contributed by atoms with E-state index in [1.54, 1.807) is 13.3 Å². The summed E-state index contributed by atoms with van der Waals surface area (Å²) in [6.45, 7) is 2.63. The molecule has 0 saturated carbocycles. The second kappa shape index (κ2) is 7.43. The highest BCUT2D eigenvalue weighted by molar-refractivity contribution is 6.35. The van der Waals surface area contributed by atoms with Crippen LogP contribution in [0.1, 0.15) is 18.4 Å². The van der Waals surface area contributed by atoms with Gasteiger partial charge in [0.15, 0.2) is 0 Å². The van der Waals surface area contributed by atoms with Crippen molar-refractivity contribution in [3.63, 3.8) is 0 Å². The van der Waals surface area contributed by atoms with Crippen LogP contribution in [0.25, 0.3) is 10.9 Å². The van der Waals surface area contributed by atoms with Gasteiger partial charge < -0.3 is 10.1 Å². The average Bonchev–Trinajstić information content (AvgIpc) is 2.45. The molecular weight excluding hydrogens is 260 g/mol. The SMILES string of the molecule is COCCCCNCc1ccc(Cl)c2cccnc12. The number of halogens is 1. The number of nitrogens with zero attached hydrogens (tertiary/aromatic N) is 1. The van der Waals surface area contributed by atoms with Gasteiger partial charge in [-0.05, 0) is 43.1 Å². The van der Waals surface area contributed by atoms with Crippen LogP contribution in [0.3, 0.4) is 0 Å². The number of benzene rings is 1. The average molecular weight is 279 g/mol. The van der Waals surface area contributed by atoms with Crippen molar-refractivity contribution in [2.45, 2.75) is 19.4 Å². The lowest BCUT2D eigenvalue weighted by Crippen LogP contribution is -2.15. The zero-order valence-electron chi connectivity index (χ0n) is 11.2. The van der Waals surface area contributed by atoms with Gasteiger partial charge in [0.25, 0.3) is 0 Å². The molecule has 0 saturated heterocycles. The van der Waals surface area contributed by atoms with E-state index >= 15 is 0 Å². The third kappa shape index (κ3) is 3.90. The monoisotopic (exact) mass is 278 g/mol. The van der Waals surface area contributed by atoms with E-state index in [-0.39, 0.29) is 0 Å². The molecule has 0 spiro atoms. The summed E-state index contributed by atoms with van der Waals surface area (Å²) < 4.78 is 5.03. The quantitative estimate of drug-likeness (QED) is 0.788. The zero-order chi connectivity index (χ0) is 13.5. The maximum Gasteiger partial charge on any atom is 0.0761 e. The van der Waals surface area contributed by atoms with E-state index in [0.29, 0.717) is 0 Å². The van der Waals surface area contributed by atoms with Crippen LogP contribution in [-0.2, 0) is 11.3 Å². The fourth-order valence-electron chi connectivity index (χ4n) is 2.06. The molecule has 102 valence electrons. The molecule has 0 amide bonds. The molecule has 0 unspecified atom stereocenters. The van der Waals surface area contributed by atoms with Crippen LogP contribution >= 0.6 is 11.6 Å². The summed E-state index contributed by atoms with van der Waals surface area (Å²) in [5.74, 6) is 0. The lowest BCUT2D eigenvalue weighted by molar-refractivity contribution is 0.192. The molecule has 2 aromatic rings. The van der Waals surface area contributed by atoms with E-state index in [1.165, 1.54) is 5.56 Å². The smallest absolute Gasteiger partial charge is 0.0761 e. The summed E-state index contributed by atoms with van der Waals surface area (Å²) in [4.78, 5) is 4.43. The number of ether oxygens (including phenoxy) is 1. The van der Waals surface area contributed by atoms with Gasteiger partial charge in [-0.25, -0.2) is 0 Å². The Kier molecular flexibility index (Phi) is 5.58. The van der Waals surface area contributed by atoms with Crippen LogP contribution in [0, 0.1) is 0 Å². The first-order valence-corrected chi connectivity index (χ1v) is 6.92. The van der Waals surface area contributed by atoms with Crippen LogP contribution in [-0.4, -0.2) is 25.2 Å². The van der Waals surface area contributed by atoms with Crippen molar-refractivity contribution in [2.75, 3.05) is 20.3 Å². The largest absolute Gasteiger partial charge is 0.385 e. The van der Waals surface area contributed by atoms with Gasteiger partial charge in [0.1, 0.15) is 0 Å². The number of hydrogen-bond donors (Lipinski definition) is 1. The maximum absolute atomic E-state index is 6.17. The minimum atomic E-state index is 0.756. The minimum absolute atomic E-state index is 0.756. The summed E-state index contributed by atoms with van der Waals surface area (Å²) in [5, 5.41) is 5.21. The van der Waals surface area contributed by atoms with E-state index in [1.807, 2.05) is 24.3 Å². The summed E-state index contributed by atoms with van der Waals surface area (Å²) in [6, 6.07) is 7.90. The van der Waals surface area contributed by atoms with Gasteiger partial charge in [-0.15, -0.1) is 0 Å². The van der Waals surface area contributed by atoms with Crippen LogP contribution in [0.4, 0.5) is 0 Å². The molecule has 2 rings (SSSR count). The van der Waals surface area contributed by atoms with Crippen molar-refractivity contribution >= 4 is 22.5 Å². The molecule has 0 bridgehead atoms. The zero-order valence-corrected chi connectivity index (χ0v) is 11.9. The molecule has 4 heteroatoms. The molecule has 0 aliphatic rings. The maximum atomic E-state index is 6.17. The number of hydrogen-bond acceptors (Lipinski definition) is 3. The Morgan fingerprint density at radius 2 is 2.16 bits per heavy atom. The molecule has 1 aromatic heterocycles. The highest BCUT2D eigenvalue weighted by Gasteiger charge is 2.04. The predicted molar refractivity (Wildman–Crippen MR) is 79.6 cm³/mol. The molecule has 3 nitrogen and oxygen atoms in total. The first kappa shape index (κ1) is 14.3. The van der Waals surface area contributed by atoms with Crippen molar-refractivity contribution in [3.8, 4) is 0 Å². The first-order chi connectivity index (χ1) is 9.33. The Morgan fingerprint density at radius 1 is 1.26 bits per heavy atom. The fourth-order valence-corrected chi connectivity index (χ4v) is 2.27. The molecule has 0 aliphatic carbocycles. The van der Waals surface area contributed by atoms with Crippen LogP contribution in [0.15, 0.2) is 30.5 Å². The van der Waals surface area contributed by atoms with E-state index in [9.17, 15) is 0 Å². The molecule has 1 heterocycles. The summed E-state index contributed by atoms with van der Waals surface area (Å²) in [7, 11) is 1.74. The third-order valence-corrected chi connectivity index (χ3v) is 3.40. The Bertz CT molecular complexity index is 531. The number of rotatable bonds is 7. The second-order valence-electron chi connectivity index (χ2n) is 4.48. The van der Waals surface area contributed by atoms with E-state index in [0.717, 1.165) is 48.5 Å². The highest BCUT2D eigenvalue weighted by atomic mass is 35.5. The minimum Gasteiger partial charge on any atom is -0.385 e. The van der Waals surface area contributed by atoms with Gasteiger partial charge in [-0.1, -0.05) is 17.7 Å². The molecule has 0 atom stereocenters. The van der Waals surface area contributed by atoms with Crippen molar-refractivity contribution < 1.29 is 4.74 Å². The van der Waals surface area contributed by atoms with Crippen molar-refractivity contribution in [3.05, 3.63) is 41.0 Å². The standard InChI is InChI=1S/C15H19ClN2O/c1-19-10-3-2-8-17-11-12-6-7-14(16)13-5-4-9-18-15(12)13/h4-7,9,17H,2-3,8,10-11H2,1H3.